The highest BCUT2D eigenvalue weighted by Gasteiger charge is 2.58. The van der Waals surface area contributed by atoms with Gasteiger partial charge in [-0.25, -0.2) is 0 Å². The van der Waals surface area contributed by atoms with E-state index in [0.717, 1.165) is 10.8 Å². The Morgan fingerprint density at radius 3 is 1.25 bits per heavy atom. The number of anilines is 2. The number of nitrogens with one attached hydrogen (secondary N) is 2. The summed E-state index contributed by atoms with van der Waals surface area (Å²) in [6, 6.07) is 24.3. The van der Waals surface area contributed by atoms with Gasteiger partial charge in [-0.1, -0.05) is 0 Å². The molecule has 0 aliphatic heterocycles. The summed E-state index contributed by atoms with van der Waals surface area (Å²) in [4.78, 5) is 56.5. The second-order valence-electron chi connectivity index (χ2n) is 14.2. The summed E-state index contributed by atoms with van der Waals surface area (Å²) >= 11 is 0. The highest BCUT2D eigenvalue weighted by molar-refractivity contribution is 6.12. The fraction of sp³-hybridized carbons (Fsp3) is 0.244. The normalized spacial score (nSPS) is 14.0. The van der Waals surface area contributed by atoms with Crippen molar-refractivity contribution < 1.29 is 57.4 Å². The van der Waals surface area contributed by atoms with Gasteiger partial charge in [-0.15, -0.1) is 0 Å². The lowest BCUT2D eigenvalue weighted by Crippen LogP contribution is -2.32. The first-order valence-electron chi connectivity index (χ1n) is 19.0. The highest BCUT2D eigenvalue weighted by atomic mass is 16.5. The summed E-state index contributed by atoms with van der Waals surface area (Å²) in [7, 11) is 7.55. The Balaban J connectivity index is 0.000000184. The van der Waals surface area contributed by atoms with Gasteiger partial charge in [-0.05, 0) is 98.5 Å². The van der Waals surface area contributed by atoms with Gasteiger partial charge in [0.15, 0.2) is 23.0 Å². The molecule has 2 fully saturated rings. The third-order valence-electron chi connectivity index (χ3n) is 10.4. The van der Waals surface area contributed by atoms with E-state index in [0.29, 0.717) is 94.1 Å². The van der Waals surface area contributed by atoms with Crippen molar-refractivity contribution in [1.82, 2.24) is 9.97 Å². The number of carbonyl (C=O) groups is 4. The summed E-state index contributed by atoms with van der Waals surface area (Å²) in [5.74, 6) is 2.18. The molecule has 0 spiro atoms. The topological polar surface area (TPSA) is 203 Å². The number of hydrogen-bond acceptors (Lipinski definition) is 13. The molecule has 0 atom stereocenters. The first-order chi connectivity index (χ1) is 29.5. The van der Waals surface area contributed by atoms with E-state index in [-0.39, 0.29) is 5.91 Å². The highest BCUT2D eigenvalue weighted by Crippen LogP contribution is 2.48. The molecule has 16 heteroatoms. The van der Waals surface area contributed by atoms with Crippen LogP contribution in [-0.2, 0) is 23.9 Å². The molecule has 314 valence electrons. The largest absolute Gasteiger partial charge is 0.493 e. The Morgan fingerprint density at radius 1 is 0.525 bits per heavy atom. The second-order valence-corrected chi connectivity index (χ2v) is 14.2. The maximum absolute atomic E-state index is 12.5. The molecule has 8 rings (SSSR count). The van der Waals surface area contributed by atoms with Crippen molar-refractivity contribution in [1.29, 1.82) is 0 Å². The molecule has 2 heterocycles. The van der Waals surface area contributed by atoms with Gasteiger partial charge in [0.2, 0.25) is 11.8 Å². The smallest absolute Gasteiger partial charge is 0.321 e. The lowest BCUT2D eigenvalue weighted by molar-refractivity contribution is -0.151. The molecule has 2 aromatic heterocycles. The molecule has 0 unspecified atom stereocenters. The van der Waals surface area contributed by atoms with Gasteiger partial charge < -0.3 is 48.9 Å². The lowest BCUT2D eigenvalue weighted by Gasteiger charge is -2.14. The third-order valence-corrected chi connectivity index (χ3v) is 10.4. The zero-order chi connectivity index (χ0) is 43.3. The standard InChI is InChI=1S/C23H22N2O6.C22H20N2O6/c1-28-19-12-16-17(13-20(19)29-2)24-11-8-18(16)31-15-6-4-14(5-7-15)25-21(26)23(9-10-23)22(27)30-3;1-28-18-11-15-16(12-19(18)29-2)23-10-7-17(15)30-14-5-3-13(4-6-14)24-20(25)22(8-9-22)21(26)27/h4-8,11-13H,9-10H2,1-3H3,(H,25,26);3-7,10-12H,8-9H2,1-2H3,(H,24,25)(H,26,27). The van der Waals surface area contributed by atoms with Gasteiger partial charge in [-0.3, -0.25) is 29.1 Å². The van der Waals surface area contributed by atoms with Crippen LogP contribution in [0.3, 0.4) is 0 Å². The molecule has 4 aromatic carbocycles. The van der Waals surface area contributed by atoms with Crippen molar-refractivity contribution in [3.05, 3.63) is 97.3 Å². The zero-order valence-electron chi connectivity index (χ0n) is 33.9. The number of ether oxygens (including phenoxy) is 7. The van der Waals surface area contributed by atoms with Crippen LogP contribution in [0, 0.1) is 10.8 Å². The summed E-state index contributed by atoms with van der Waals surface area (Å²) in [5, 5.41) is 16.2. The number of nitrogens with zero attached hydrogens (tertiary/aromatic N) is 2. The minimum Gasteiger partial charge on any atom is -0.493 e. The Morgan fingerprint density at radius 2 is 0.902 bits per heavy atom. The SMILES string of the molecule is COC(=O)C1(C(=O)Nc2ccc(Oc3ccnc4cc(OC)c(OC)cc34)cc2)CC1.COc1cc2nccc(Oc3ccc(NC(=O)C4(C(=O)O)CC4)cc3)c2cc1OC. The summed E-state index contributed by atoms with van der Waals surface area (Å²) in [6.45, 7) is 0. The predicted molar refractivity (Wildman–Crippen MR) is 223 cm³/mol. The van der Waals surface area contributed by atoms with Crippen molar-refractivity contribution >= 4 is 56.9 Å². The monoisotopic (exact) mass is 830 g/mol. The average Bonchev–Trinajstić information content (AvgIpc) is 4.23. The molecule has 61 heavy (non-hydrogen) atoms. The number of carboxylic acid groups (broad SMARTS) is 1. The first-order valence-corrected chi connectivity index (χ1v) is 19.0. The van der Waals surface area contributed by atoms with Crippen LogP contribution in [0.1, 0.15) is 25.7 Å². The van der Waals surface area contributed by atoms with Crippen LogP contribution in [0.25, 0.3) is 21.8 Å². The molecule has 0 saturated heterocycles. The number of methoxy groups -OCH3 is 5. The zero-order valence-corrected chi connectivity index (χ0v) is 33.9. The van der Waals surface area contributed by atoms with Crippen molar-refractivity contribution in [3.8, 4) is 46.0 Å². The van der Waals surface area contributed by atoms with Crippen LogP contribution in [-0.4, -0.2) is 74.4 Å². The predicted octanol–water partition coefficient (Wildman–Crippen LogP) is 7.78. The molecule has 16 nitrogen and oxygen atoms in total. The molecular weight excluding hydrogens is 789 g/mol. The van der Waals surface area contributed by atoms with Crippen LogP contribution in [0.15, 0.2) is 97.3 Å². The van der Waals surface area contributed by atoms with E-state index < -0.39 is 28.7 Å². The summed E-state index contributed by atoms with van der Waals surface area (Å²) < 4.78 is 38.2. The number of fused-ring (bicyclic) bond motifs is 2. The van der Waals surface area contributed by atoms with Gasteiger partial charge in [0, 0.05) is 46.7 Å². The molecule has 3 N–H and O–H groups in total. The van der Waals surface area contributed by atoms with Gasteiger partial charge >= 0.3 is 11.9 Å². The molecule has 2 saturated carbocycles. The Kier molecular flexibility index (Phi) is 11.8. The van der Waals surface area contributed by atoms with E-state index >= 15 is 0 Å². The van der Waals surface area contributed by atoms with Crippen LogP contribution in [0.5, 0.6) is 46.0 Å². The van der Waals surface area contributed by atoms with Crippen molar-refractivity contribution in [2.45, 2.75) is 25.7 Å². The number of aliphatic carboxylic acids is 1. The minimum atomic E-state index is -1.29. The molecule has 2 aliphatic carbocycles. The number of esters is 1. The van der Waals surface area contributed by atoms with Crippen LogP contribution in [0.2, 0.25) is 0 Å². The lowest BCUT2D eigenvalue weighted by atomic mass is 10.1. The molecular formula is C45H42N4O12. The van der Waals surface area contributed by atoms with Gasteiger partial charge in [0.05, 0.1) is 46.6 Å². The van der Waals surface area contributed by atoms with Gasteiger partial charge in [0.25, 0.3) is 0 Å². The second kappa shape index (κ2) is 17.3. The quantitative estimate of drug-likeness (QED) is 0.0709. The van der Waals surface area contributed by atoms with E-state index in [4.69, 9.17) is 33.2 Å². The van der Waals surface area contributed by atoms with Crippen molar-refractivity contribution in [3.63, 3.8) is 0 Å². The number of amides is 2. The fourth-order valence-corrected chi connectivity index (χ4v) is 6.55. The third kappa shape index (κ3) is 8.59. The molecule has 0 radical (unpaired) electrons. The minimum absolute atomic E-state index is 0.353. The van der Waals surface area contributed by atoms with Crippen molar-refractivity contribution in [2.75, 3.05) is 46.2 Å². The number of rotatable bonds is 14. The number of aromatic nitrogens is 2. The van der Waals surface area contributed by atoms with E-state index in [9.17, 15) is 24.3 Å². The van der Waals surface area contributed by atoms with E-state index in [2.05, 4.69) is 20.6 Å². The van der Waals surface area contributed by atoms with Crippen molar-refractivity contribution in [2.24, 2.45) is 10.8 Å². The Bertz CT molecular complexity index is 2620. The van der Waals surface area contributed by atoms with Crippen LogP contribution >= 0.6 is 0 Å². The number of benzene rings is 4. The molecule has 6 aromatic rings. The summed E-state index contributed by atoms with van der Waals surface area (Å²) in [5.41, 5.74) is 0.129. The molecule has 2 aliphatic rings. The van der Waals surface area contributed by atoms with E-state index in [1.807, 2.05) is 6.07 Å². The van der Waals surface area contributed by atoms with Gasteiger partial charge in [0.1, 0.15) is 33.8 Å². The number of pyridine rings is 2. The number of hydrogen-bond donors (Lipinski definition) is 3. The molecule has 2 amide bonds. The van der Waals surface area contributed by atoms with Gasteiger partial charge in [-0.2, -0.15) is 0 Å². The maximum Gasteiger partial charge on any atom is 0.321 e. The van der Waals surface area contributed by atoms with E-state index in [1.165, 1.54) is 7.11 Å². The number of carboxylic acids is 1. The fourth-order valence-electron chi connectivity index (χ4n) is 6.55. The maximum atomic E-state index is 12.5. The average molecular weight is 831 g/mol. The van der Waals surface area contributed by atoms with Crippen LogP contribution < -0.4 is 39.1 Å². The van der Waals surface area contributed by atoms with E-state index in [1.54, 1.807) is 120 Å². The summed E-state index contributed by atoms with van der Waals surface area (Å²) in [6.07, 6.45) is 5.00. The first kappa shape index (κ1) is 41.5. The Hall–Kier alpha value is -7.62. The number of carbonyl (C=O) groups excluding carboxylic acids is 3. The molecule has 0 bridgehead atoms. The van der Waals surface area contributed by atoms with Crippen LogP contribution in [0.4, 0.5) is 11.4 Å². The Labute approximate surface area is 349 Å².